The highest BCUT2D eigenvalue weighted by atomic mass is 16.6. The van der Waals surface area contributed by atoms with Crippen molar-refractivity contribution in [1.82, 2.24) is 15.4 Å². The van der Waals surface area contributed by atoms with Crippen molar-refractivity contribution in [3.8, 4) is 0 Å². The third-order valence-corrected chi connectivity index (χ3v) is 3.36. The molecule has 0 radical (unpaired) electrons. The van der Waals surface area contributed by atoms with Crippen LogP contribution in [-0.2, 0) is 11.2 Å². The van der Waals surface area contributed by atoms with Crippen molar-refractivity contribution in [2.45, 2.75) is 12.8 Å². The van der Waals surface area contributed by atoms with Gasteiger partial charge >= 0.3 is 0 Å². The quantitative estimate of drug-likeness (QED) is 0.555. The molecule has 0 unspecified atom stereocenters. The Bertz CT molecular complexity index is 874. The number of nitrogens with one attached hydrogen (secondary N) is 2. The van der Waals surface area contributed by atoms with Gasteiger partial charge in [-0.2, -0.15) is 15.4 Å². The largest absolute Gasteiger partial charge is 0.326 e. The highest BCUT2D eigenvalue weighted by Gasteiger charge is 2.08. The number of fused-ring (bicyclic) bond motifs is 1. The number of nitro groups is 1. The number of aromatic nitrogens is 3. The van der Waals surface area contributed by atoms with E-state index in [0.717, 1.165) is 11.1 Å². The third kappa shape index (κ3) is 3.49. The van der Waals surface area contributed by atoms with Gasteiger partial charge in [-0.25, -0.2) is 0 Å². The van der Waals surface area contributed by atoms with Gasteiger partial charge in [0.05, 0.1) is 4.92 Å². The SMILES string of the molecule is O=C(CCc1cccc([N+](=O)[O-])c1)Nc1ccc2n[nH]nc2c1. The highest BCUT2D eigenvalue weighted by molar-refractivity contribution is 5.92. The van der Waals surface area contributed by atoms with Gasteiger partial charge in [0.15, 0.2) is 0 Å². The first kappa shape index (κ1) is 14.6. The summed E-state index contributed by atoms with van der Waals surface area (Å²) in [6.07, 6.45) is 0.664. The van der Waals surface area contributed by atoms with Crippen LogP contribution in [0, 0.1) is 10.1 Å². The number of amides is 1. The predicted octanol–water partition coefficient (Wildman–Crippen LogP) is 2.44. The van der Waals surface area contributed by atoms with Crippen molar-refractivity contribution in [3.05, 3.63) is 58.1 Å². The van der Waals surface area contributed by atoms with Gasteiger partial charge < -0.3 is 5.32 Å². The predicted molar refractivity (Wildman–Crippen MR) is 83.9 cm³/mol. The van der Waals surface area contributed by atoms with E-state index in [-0.39, 0.29) is 18.0 Å². The summed E-state index contributed by atoms with van der Waals surface area (Å²) in [4.78, 5) is 22.3. The fourth-order valence-corrected chi connectivity index (χ4v) is 2.22. The molecule has 0 bridgehead atoms. The van der Waals surface area contributed by atoms with Gasteiger partial charge in [-0.15, -0.1) is 0 Å². The Kier molecular flexibility index (Phi) is 3.96. The van der Waals surface area contributed by atoms with Crippen LogP contribution in [0.2, 0.25) is 0 Å². The molecule has 0 fully saturated rings. The molecule has 2 aromatic carbocycles. The number of nitro benzene ring substituents is 1. The Morgan fingerprint density at radius 3 is 2.83 bits per heavy atom. The van der Waals surface area contributed by atoms with Crippen LogP contribution in [0.5, 0.6) is 0 Å². The molecule has 8 heteroatoms. The first-order valence-electron chi connectivity index (χ1n) is 6.95. The number of hydrogen-bond donors (Lipinski definition) is 2. The number of hydrogen-bond acceptors (Lipinski definition) is 5. The minimum absolute atomic E-state index is 0.0272. The molecule has 2 N–H and O–H groups in total. The molecule has 1 amide bonds. The van der Waals surface area contributed by atoms with Gasteiger partial charge in [-0.05, 0) is 30.2 Å². The maximum Gasteiger partial charge on any atom is 0.269 e. The highest BCUT2D eigenvalue weighted by Crippen LogP contribution is 2.17. The van der Waals surface area contributed by atoms with E-state index in [4.69, 9.17) is 0 Å². The lowest BCUT2D eigenvalue weighted by atomic mass is 10.1. The molecule has 0 spiro atoms. The second-order valence-corrected chi connectivity index (χ2v) is 5.00. The summed E-state index contributed by atoms with van der Waals surface area (Å²) in [5, 5.41) is 23.9. The summed E-state index contributed by atoms with van der Waals surface area (Å²) in [5.74, 6) is -0.167. The van der Waals surface area contributed by atoms with E-state index in [2.05, 4.69) is 20.7 Å². The van der Waals surface area contributed by atoms with Crippen LogP contribution in [-0.4, -0.2) is 26.2 Å². The molecule has 3 rings (SSSR count). The molecule has 0 aliphatic carbocycles. The van der Waals surface area contributed by atoms with Gasteiger partial charge in [0.1, 0.15) is 11.0 Å². The van der Waals surface area contributed by atoms with Crippen molar-refractivity contribution < 1.29 is 9.72 Å². The van der Waals surface area contributed by atoms with Crippen LogP contribution in [0.15, 0.2) is 42.5 Å². The minimum atomic E-state index is -0.448. The summed E-state index contributed by atoms with van der Waals surface area (Å²) in [6.45, 7) is 0. The molecular formula is C15H13N5O3. The molecular weight excluding hydrogens is 298 g/mol. The maximum absolute atomic E-state index is 12.0. The van der Waals surface area contributed by atoms with Crippen LogP contribution >= 0.6 is 0 Å². The Balaban J connectivity index is 1.61. The lowest BCUT2D eigenvalue weighted by Gasteiger charge is -2.05. The number of non-ortho nitro benzene ring substituents is 1. The van der Waals surface area contributed by atoms with Crippen LogP contribution in [0.3, 0.4) is 0 Å². The standard InChI is InChI=1S/C15H13N5O3/c21-15(7-4-10-2-1-3-12(8-10)20(22)23)16-11-5-6-13-14(9-11)18-19-17-13/h1-3,5-6,8-9H,4,7H2,(H,16,21)(H,17,18,19). The number of carbonyl (C=O) groups is 1. The van der Waals surface area contributed by atoms with E-state index in [1.807, 2.05) is 0 Å². The van der Waals surface area contributed by atoms with E-state index >= 15 is 0 Å². The van der Waals surface area contributed by atoms with Crippen molar-refractivity contribution in [2.75, 3.05) is 5.32 Å². The van der Waals surface area contributed by atoms with E-state index in [9.17, 15) is 14.9 Å². The van der Waals surface area contributed by atoms with Gasteiger partial charge in [-0.1, -0.05) is 12.1 Å². The van der Waals surface area contributed by atoms with Crippen LogP contribution in [0.4, 0.5) is 11.4 Å². The summed E-state index contributed by atoms with van der Waals surface area (Å²) in [7, 11) is 0. The smallest absolute Gasteiger partial charge is 0.269 e. The third-order valence-electron chi connectivity index (χ3n) is 3.36. The zero-order valence-corrected chi connectivity index (χ0v) is 12.0. The summed E-state index contributed by atoms with van der Waals surface area (Å²) >= 11 is 0. The van der Waals surface area contributed by atoms with Gasteiger partial charge in [0, 0.05) is 24.2 Å². The Morgan fingerprint density at radius 1 is 1.17 bits per heavy atom. The van der Waals surface area contributed by atoms with E-state index < -0.39 is 4.92 Å². The normalized spacial score (nSPS) is 10.6. The van der Waals surface area contributed by atoms with Gasteiger partial charge in [-0.3, -0.25) is 14.9 Å². The number of carbonyl (C=O) groups excluding carboxylic acids is 1. The number of aromatic amines is 1. The lowest BCUT2D eigenvalue weighted by Crippen LogP contribution is -2.12. The number of rotatable bonds is 5. The lowest BCUT2D eigenvalue weighted by molar-refractivity contribution is -0.384. The zero-order valence-electron chi connectivity index (χ0n) is 12.0. The van der Waals surface area contributed by atoms with Gasteiger partial charge in [0.25, 0.3) is 5.69 Å². The molecule has 23 heavy (non-hydrogen) atoms. The van der Waals surface area contributed by atoms with E-state index in [1.165, 1.54) is 12.1 Å². The summed E-state index contributed by atoms with van der Waals surface area (Å²) in [5.41, 5.74) is 2.80. The average molecular weight is 311 g/mol. The Labute approximate surface area is 130 Å². The molecule has 0 aliphatic heterocycles. The monoisotopic (exact) mass is 311 g/mol. The first-order chi connectivity index (χ1) is 11.1. The average Bonchev–Trinajstić information content (AvgIpc) is 3.01. The first-order valence-corrected chi connectivity index (χ1v) is 6.95. The van der Waals surface area contributed by atoms with Gasteiger partial charge in [0.2, 0.25) is 5.91 Å². The number of aryl methyl sites for hydroxylation is 1. The summed E-state index contributed by atoms with van der Waals surface area (Å²) < 4.78 is 0. The fraction of sp³-hybridized carbons (Fsp3) is 0.133. The molecule has 0 saturated heterocycles. The van der Waals surface area contributed by atoms with E-state index in [0.29, 0.717) is 17.6 Å². The number of nitrogens with zero attached hydrogens (tertiary/aromatic N) is 3. The minimum Gasteiger partial charge on any atom is -0.326 e. The van der Waals surface area contributed by atoms with E-state index in [1.54, 1.807) is 30.3 Å². The van der Waals surface area contributed by atoms with Crippen LogP contribution < -0.4 is 5.32 Å². The number of anilines is 1. The van der Waals surface area contributed by atoms with Crippen molar-refractivity contribution in [2.24, 2.45) is 0 Å². The number of H-pyrrole nitrogens is 1. The van der Waals surface area contributed by atoms with Crippen LogP contribution in [0.1, 0.15) is 12.0 Å². The van der Waals surface area contributed by atoms with Crippen molar-refractivity contribution in [1.29, 1.82) is 0 Å². The molecule has 8 nitrogen and oxygen atoms in total. The molecule has 116 valence electrons. The molecule has 1 aromatic heterocycles. The number of benzene rings is 2. The van der Waals surface area contributed by atoms with Crippen molar-refractivity contribution >= 4 is 28.3 Å². The zero-order chi connectivity index (χ0) is 16.2. The second kappa shape index (κ2) is 6.22. The fourth-order valence-electron chi connectivity index (χ4n) is 2.22. The molecule has 0 saturated carbocycles. The maximum atomic E-state index is 12.0. The molecule has 1 heterocycles. The van der Waals surface area contributed by atoms with Crippen molar-refractivity contribution in [3.63, 3.8) is 0 Å². The topological polar surface area (TPSA) is 114 Å². The summed E-state index contributed by atoms with van der Waals surface area (Å²) in [6, 6.07) is 11.5. The Hall–Kier alpha value is -3.29. The molecule has 3 aromatic rings. The molecule has 0 atom stereocenters. The Morgan fingerprint density at radius 2 is 2.00 bits per heavy atom. The molecule has 0 aliphatic rings. The van der Waals surface area contributed by atoms with Crippen LogP contribution in [0.25, 0.3) is 11.0 Å². The second-order valence-electron chi connectivity index (χ2n) is 5.00.